The molecular formula is C22H30N2O3. The molecule has 5 heteroatoms. The maximum absolute atomic E-state index is 12.5. The van der Waals surface area contributed by atoms with Crippen molar-refractivity contribution in [3.8, 4) is 5.75 Å². The molecule has 0 saturated carbocycles. The number of ether oxygens (including phenoxy) is 2. The third-order valence-corrected chi connectivity index (χ3v) is 4.49. The number of hydrogen-bond donors (Lipinski definition) is 1. The molecule has 5 nitrogen and oxygen atoms in total. The highest BCUT2D eigenvalue weighted by molar-refractivity contribution is 5.93. The summed E-state index contributed by atoms with van der Waals surface area (Å²) < 4.78 is 10.9. The van der Waals surface area contributed by atoms with E-state index in [9.17, 15) is 4.79 Å². The third kappa shape index (κ3) is 7.41. The Kier molecular flexibility index (Phi) is 8.81. The van der Waals surface area contributed by atoms with Gasteiger partial charge in [0.25, 0.3) is 0 Å². The average Bonchev–Trinajstić information content (AvgIpc) is 2.67. The summed E-state index contributed by atoms with van der Waals surface area (Å²) in [6.07, 6.45) is 0.843. The summed E-state index contributed by atoms with van der Waals surface area (Å²) in [6.45, 7) is 7.10. The number of nitrogens with one attached hydrogen (secondary N) is 1. The molecule has 27 heavy (non-hydrogen) atoms. The molecule has 0 saturated heterocycles. The van der Waals surface area contributed by atoms with Crippen molar-refractivity contribution >= 4 is 11.6 Å². The number of aryl methyl sites for hydroxylation is 1. The normalized spacial score (nSPS) is 10.8. The van der Waals surface area contributed by atoms with Gasteiger partial charge in [-0.3, -0.25) is 9.69 Å². The van der Waals surface area contributed by atoms with Gasteiger partial charge in [-0.1, -0.05) is 30.3 Å². The standard InChI is InChI=1S/C22H30N2O3/c1-18-9-7-12-21(19(18)2)23-22(25)17-24(14-16-26-3)13-8-15-27-20-10-5-4-6-11-20/h4-7,9-12H,8,13-17H2,1-3H3,(H,23,25). The fourth-order valence-corrected chi connectivity index (χ4v) is 2.76. The van der Waals surface area contributed by atoms with Gasteiger partial charge in [0.2, 0.25) is 5.91 Å². The lowest BCUT2D eigenvalue weighted by Crippen LogP contribution is -2.36. The Morgan fingerprint density at radius 1 is 1.00 bits per heavy atom. The Morgan fingerprint density at radius 2 is 1.78 bits per heavy atom. The summed E-state index contributed by atoms with van der Waals surface area (Å²) in [4.78, 5) is 14.6. The Morgan fingerprint density at radius 3 is 2.52 bits per heavy atom. The fourth-order valence-electron chi connectivity index (χ4n) is 2.76. The summed E-state index contributed by atoms with van der Waals surface area (Å²) in [7, 11) is 1.67. The molecule has 0 aliphatic carbocycles. The van der Waals surface area contributed by atoms with Crippen LogP contribution in [0.2, 0.25) is 0 Å². The second-order valence-corrected chi connectivity index (χ2v) is 6.58. The van der Waals surface area contributed by atoms with Crippen LogP contribution in [0.5, 0.6) is 5.75 Å². The van der Waals surface area contributed by atoms with Crippen molar-refractivity contribution in [1.29, 1.82) is 0 Å². The number of nitrogens with zero attached hydrogens (tertiary/aromatic N) is 1. The van der Waals surface area contributed by atoms with E-state index in [1.165, 1.54) is 5.56 Å². The minimum absolute atomic E-state index is 0.0104. The maximum atomic E-state index is 12.5. The first kappa shape index (κ1) is 20.9. The number of para-hydroxylation sites is 1. The van der Waals surface area contributed by atoms with Crippen molar-refractivity contribution in [2.45, 2.75) is 20.3 Å². The van der Waals surface area contributed by atoms with E-state index < -0.39 is 0 Å². The minimum atomic E-state index is -0.0104. The second kappa shape index (κ2) is 11.4. The van der Waals surface area contributed by atoms with E-state index in [0.717, 1.165) is 30.0 Å². The molecule has 2 aromatic rings. The Labute approximate surface area is 162 Å². The fraction of sp³-hybridized carbons (Fsp3) is 0.409. The second-order valence-electron chi connectivity index (χ2n) is 6.58. The molecule has 0 unspecified atom stereocenters. The van der Waals surface area contributed by atoms with Gasteiger partial charge >= 0.3 is 0 Å². The van der Waals surface area contributed by atoms with Crippen molar-refractivity contribution in [3.05, 3.63) is 59.7 Å². The largest absolute Gasteiger partial charge is 0.494 e. The Balaban J connectivity index is 1.81. The molecule has 0 aromatic heterocycles. The van der Waals surface area contributed by atoms with E-state index in [1.807, 2.05) is 62.4 Å². The zero-order valence-electron chi connectivity index (χ0n) is 16.5. The Hall–Kier alpha value is -2.37. The van der Waals surface area contributed by atoms with Crippen LogP contribution in [-0.2, 0) is 9.53 Å². The zero-order chi connectivity index (χ0) is 19.5. The SMILES string of the molecule is COCCN(CCCOc1ccccc1)CC(=O)Nc1cccc(C)c1C. The molecule has 0 fully saturated rings. The molecule has 1 N–H and O–H groups in total. The highest BCUT2D eigenvalue weighted by Crippen LogP contribution is 2.17. The monoisotopic (exact) mass is 370 g/mol. The Bertz CT molecular complexity index is 704. The van der Waals surface area contributed by atoms with Crippen LogP contribution in [0.15, 0.2) is 48.5 Å². The first-order valence-corrected chi connectivity index (χ1v) is 9.35. The van der Waals surface area contributed by atoms with Crippen LogP contribution in [0, 0.1) is 13.8 Å². The first-order valence-electron chi connectivity index (χ1n) is 9.35. The minimum Gasteiger partial charge on any atom is -0.494 e. The van der Waals surface area contributed by atoms with E-state index in [2.05, 4.69) is 10.2 Å². The van der Waals surface area contributed by atoms with Crippen molar-refractivity contribution in [2.24, 2.45) is 0 Å². The van der Waals surface area contributed by atoms with Gasteiger partial charge in [0, 0.05) is 25.9 Å². The van der Waals surface area contributed by atoms with E-state index in [4.69, 9.17) is 9.47 Å². The van der Waals surface area contributed by atoms with Crippen LogP contribution in [0.4, 0.5) is 5.69 Å². The van der Waals surface area contributed by atoms with Gasteiger partial charge in [-0.25, -0.2) is 0 Å². The molecular weight excluding hydrogens is 340 g/mol. The summed E-state index contributed by atoms with van der Waals surface area (Å²) in [5.41, 5.74) is 3.15. The van der Waals surface area contributed by atoms with Gasteiger partial charge in [-0.2, -0.15) is 0 Å². The van der Waals surface area contributed by atoms with Crippen LogP contribution < -0.4 is 10.1 Å². The van der Waals surface area contributed by atoms with Crippen LogP contribution in [0.1, 0.15) is 17.5 Å². The summed E-state index contributed by atoms with van der Waals surface area (Å²) >= 11 is 0. The number of hydrogen-bond acceptors (Lipinski definition) is 4. The number of rotatable bonds is 11. The van der Waals surface area contributed by atoms with Gasteiger partial charge in [-0.15, -0.1) is 0 Å². The van der Waals surface area contributed by atoms with Crippen molar-refractivity contribution in [2.75, 3.05) is 45.3 Å². The average molecular weight is 370 g/mol. The van der Waals surface area contributed by atoms with Crippen molar-refractivity contribution in [3.63, 3.8) is 0 Å². The van der Waals surface area contributed by atoms with E-state index in [0.29, 0.717) is 26.3 Å². The van der Waals surface area contributed by atoms with Gasteiger partial charge in [-0.05, 0) is 49.6 Å². The molecule has 0 aliphatic heterocycles. The predicted molar refractivity (Wildman–Crippen MR) is 109 cm³/mol. The first-order chi connectivity index (χ1) is 13.1. The summed E-state index contributed by atoms with van der Waals surface area (Å²) in [6, 6.07) is 15.7. The predicted octanol–water partition coefficient (Wildman–Crippen LogP) is 3.66. The highest BCUT2D eigenvalue weighted by Gasteiger charge is 2.12. The molecule has 0 aliphatic rings. The maximum Gasteiger partial charge on any atom is 0.238 e. The van der Waals surface area contributed by atoms with Crippen molar-refractivity contribution in [1.82, 2.24) is 4.90 Å². The van der Waals surface area contributed by atoms with Crippen LogP contribution >= 0.6 is 0 Å². The topological polar surface area (TPSA) is 50.8 Å². The van der Waals surface area contributed by atoms with Gasteiger partial charge in [0.05, 0.1) is 19.8 Å². The lowest BCUT2D eigenvalue weighted by atomic mass is 10.1. The lowest BCUT2D eigenvalue weighted by Gasteiger charge is -2.22. The van der Waals surface area contributed by atoms with E-state index >= 15 is 0 Å². The molecule has 2 rings (SSSR count). The van der Waals surface area contributed by atoms with Crippen LogP contribution in [-0.4, -0.2) is 50.8 Å². The van der Waals surface area contributed by atoms with E-state index in [-0.39, 0.29) is 5.91 Å². The molecule has 0 heterocycles. The van der Waals surface area contributed by atoms with E-state index in [1.54, 1.807) is 7.11 Å². The lowest BCUT2D eigenvalue weighted by molar-refractivity contribution is -0.117. The molecule has 1 amide bonds. The van der Waals surface area contributed by atoms with Gasteiger partial charge in [0.1, 0.15) is 5.75 Å². The quantitative estimate of drug-likeness (QED) is 0.613. The molecule has 0 atom stereocenters. The molecule has 2 aromatic carbocycles. The third-order valence-electron chi connectivity index (χ3n) is 4.49. The van der Waals surface area contributed by atoms with Gasteiger partial charge < -0.3 is 14.8 Å². The van der Waals surface area contributed by atoms with Crippen LogP contribution in [0.3, 0.4) is 0 Å². The number of amides is 1. The molecule has 0 bridgehead atoms. The van der Waals surface area contributed by atoms with Crippen LogP contribution in [0.25, 0.3) is 0 Å². The summed E-state index contributed by atoms with van der Waals surface area (Å²) in [5, 5.41) is 3.02. The number of carbonyl (C=O) groups is 1. The number of anilines is 1. The van der Waals surface area contributed by atoms with Gasteiger partial charge in [0.15, 0.2) is 0 Å². The molecule has 0 spiro atoms. The number of benzene rings is 2. The zero-order valence-corrected chi connectivity index (χ0v) is 16.5. The summed E-state index contributed by atoms with van der Waals surface area (Å²) in [5.74, 6) is 0.859. The molecule has 146 valence electrons. The molecule has 0 radical (unpaired) electrons. The smallest absolute Gasteiger partial charge is 0.238 e. The number of methoxy groups -OCH3 is 1. The highest BCUT2D eigenvalue weighted by atomic mass is 16.5. The number of carbonyl (C=O) groups excluding carboxylic acids is 1. The van der Waals surface area contributed by atoms with Crippen molar-refractivity contribution < 1.29 is 14.3 Å².